The van der Waals surface area contributed by atoms with E-state index in [4.69, 9.17) is 4.74 Å². The first kappa shape index (κ1) is 7.18. The van der Waals surface area contributed by atoms with Gasteiger partial charge in [0.1, 0.15) is 6.26 Å². The summed E-state index contributed by atoms with van der Waals surface area (Å²) in [5, 5.41) is 9.19. The van der Waals surface area contributed by atoms with Gasteiger partial charge in [-0.05, 0) is 12.2 Å². The fraction of sp³-hybridized carbons (Fsp3) is 0.111. The van der Waals surface area contributed by atoms with E-state index in [2.05, 4.69) is 0 Å². The number of hydrogen-bond donors (Lipinski definition) is 1. The zero-order valence-corrected chi connectivity index (χ0v) is 6.42. The number of aliphatic hydroxyl groups excluding tert-OH is 1. The van der Waals surface area contributed by atoms with Crippen LogP contribution in [0.4, 0.5) is 0 Å². The summed E-state index contributed by atoms with van der Waals surface area (Å²) in [4.78, 5) is 1.87. The van der Waals surface area contributed by atoms with Gasteiger partial charge in [0, 0.05) is 24.2 Å². The fourth-order valence-electron chi connectivity index (χ4n) is 1.11. The van der Waals surface area contributed by atoms with Crippen molar-refractivity contribution in [3.8, 4) is 0 Å². The quantitative estimate of drug-likeness (QED) is 0.580. The van der Waals surface area contributed by atoms with Crippen molar-refractivity contribution in [1.82, 2.24) is 4.90 Å². The first-order valence-electron chi connectivity index (χ1n) is 3.71. The molecule has 0 amide bonds. The predicted molar refractivity (Wildman–Crippen MR) is 44.4 cm³/mol. The first-order chi connectivity index (χ1) is 5.86. The summed E-state index contributed by atoms with van der Waals surface area (Å²) in [6, 6.07) is 0. The van der Waals surface area contributed by atoms with Crippen LogP contribution in [0.3, 0.4) is 0 Å². The number of fused-ring (bicyclic) bond motifs is 1. The van der Waals surface area contributed by atoms with E-state index in [1.807, 2.05) is 29.3 Å². The summed E-state index contributed by atoms with van der Waals surface area (Å²) < 4.78 is 4.88. The van der Waals surface area contributed by atoms with Crippen molar-refractivity contribution in [2.45, 2.75) is 6.29 Å². The van der Waals surface area contributed by atoms with Crippen molar-refractivity contribution >= 4 is 0 Å². The third-order valence-electron chi connectivity index (χ3n) is 1.68. The minimum atomic E-state index is -0.850. The van der Waals surface area contributed by atoms with Crippen LogP contribution < -0.4 is 0 Å². The predicted octanol–water partition coefficient (Wildman–Crippen LogP) is 1.08. The van der Waals surface area contributed by atoms with Crippen molar-refractivity contribution in [2.75, 3.05) is 0 Å². The summed E-state index contributed by atoms with van der Waals surface area (Å²) in [7, 11) is 0. The van der Waals surface area contributed by atoms with Gasteiger partial charge in [0.2, 0.25) is 6.29 Å². The molecular weight excluding hydrogens is 154 g/mol. The Labute approximate surface area is 70.6 Å². The molecule has 1 N–H and O–H groups in total. The maximum absolute atomic E-state index is 9.19. The number of allylic oxidation sites excluding steroid dienone is 3. The zero-order chi connectivity index (χ0) is 8.39. The number of ether oxygens (including phenoxy) is 1. The Balaban J connectivity index is 2.33. The van der Waals surface area contributed by atoms with Crippen LogP contribution in [0.5, 0.6) is 0 Å². The van der Waals surface area contributed by atoms with Gasteiger partial charge in [0.05, 0.1) is 0 Å². The summed E-state index contributed by atoms with van der Waals surface area (Å²) in [5.74, 6) is 0. The molecule has 2 heterocycles. The highest BCUT2D eigenvalue weighted by Crippen LogP contribution is 2.16. The molecule has 0 aliphatic carbocycles. The van der Waals surface area contributed by atoms with E-state index in [0.717, 1.165) is 5.70 Å². The summed E-state index contributed by atoms with van der Waals surface area (Å²) in [6.45, 7) is 0. The first-order valence-corrected chi connectivity index (χ1v) is 3.71. The van der Waals surface area contributed by atoms with Gasteiger partial charge in [0.15, 0.2) is 0 Å². The molecule has 1 unspecified atom stereocenters. The summed E-state index contributed by atoms with van der Waals surface area (Å²) >= 11 is 0. The van der Waals surface area contributed by atoms with Crippen molar-refractivity contribution in [3.05, 3.63) is 48.7 Å². The molecule has 0 spiro atoms. The van der Waals surface area contributed by atoms with Gasteiger partial charge < -0.3 is 14.7 Å². The maximum atomic E-state index is 9.19. The minimum absolute atomic E-state index is 0.850. The molecule has 2 aliphatic heterocycles. The van der Waals surface area contributed by atoms with Gasteiger partial charge in [0.25, 0.3) is 0 Å². The van der Waals surface area contributed by atoms with E-state index in [-0.39, 0.29) is 0 Å². The van der Waals surface area contributed by atoms with Crippen LogP contribution in [-0.2, 0) is 4.74 Å². The molecule has 3 nitrogen and oxygen atoms in total. The highest BCUT2D eigenvalue weighted by molar-refractivity contribution is 5.30. The second-order valence-electron chi connectivity index (χ2n) is 2.51. The highest BCUT2D eigenvalue weighted by Gasteiger charge is 2.09. The van der Waals surface area contributed by atoms with Crippen molar-refractivity contribution < 1.29 is 9.84 Å². The Bertz CT molecular complexity index is 289. The molecule has 2 aliphatic rings. The van der Waals surface area contributed by atoms with Gasteiger partial charge in [-0.2, -0.15) is 0 Å². The second-order valence-corrected chi connectivity index (χ2v) is 2.51. The van der Waals surface area contributed by atoms with Crippen LogP contribution in [0.15, 0.2) is 48.7 Å². The number of hydrogen-bond acceptors (Lipinski definition) is 3. The normalized spacial score (nSPS) is 25.9. The van der Waals surface area contributed by atoms with Gasteiger partial charge >= 0.3 is 0 Å². The molecule has 0 bridgehead atoms. The Morgan fingerprint density at radius 3 is 3.17 bits per heavy atom. The van der Waals surface area contributed by atoms with Crippen LogP contribution in [-0.4, -0.2) is 16.3 Å². The number of nitrogens with zero attached hydrogens (tertiary/aromatic N) is 1. The molecule has 12 heavy (non-hydrogen) atoms. The monoisotopic (exact) mass is 163 g/mol. The lowest BCUT2D eigenvalue weighted by molar-refractivity contribution is -0.0105. The van der Waals surface area contributed by atoms with Gasteiger partial charge in [-0.3, -0.25) is 0 Å². The third-order valence-corrected chi connectivity index (χ3v) is 1.68. The van der Waals surface area contributed by atoms with Crippen molar-refractivity contribution in [1.29, 1.82) is 0 Å². The summed E-state index contributed by atoms with van der Waals surface area (Å²) in [6.07, 6.45) is 11.6. The minimum Gasteiger partial charge on any atom is -0.467 e. The lowest BCUT2D eigenvalue weighted by Crippen LogP contribution is -2.10. The van der Waals surface area contributed by atoms with E-state index < -0.39 is 6.29 Å². The fourth-order valence-corrected chi connectivity index (χ4v) is 1.11. The van der Waals surface area contributed by atoms with E-state index >= 15 is 0 Å². The molecule has 0 saturated heterocycles. The maximum Gasteiger partial charge on any atom is 0.218 e. The topological polar surface area (TPSA) is 32.7 Å². The van der Waals surface area contributed by atoms with E-state index in [0.29, 0.717) is 0 Å². The van der Waals surface area contributed by atoms with Crippen LogP contribution >= 0.6 is 0 Å². The Kier molecular flexibility index (Phi) is 1.72. The lowest BCUT2D eigenvalue weighted by Gasteiger charge is -2.16. The number of aliphatic hydroxyl groups is 1. The Hall–Kier alpha value is -1.48. The molecule has 1 atom stereocenters. The van der Waals surface area contributed by atoms with Crippen LogP contribution in [0.2, 0.25) is 0 Å². The molecule has 0 aromatic carbocycles. The van der Waals surface area contributed by atoms with Gasteiger partial charge in [-0.15, -0.1) is 0 Å². The SMILES string of the molecule is OC1C=C2C=CC=CN2C=CO1. The number of rotatable bonds is 0. The second kappa shape index (κ2) is 2.87. The molecule has 0 aromatic rings. The van der Waals surface area contributed by atoms with Crippen LogP contribution in [0.1, 0.15) is 0 Å². The standard InChI is InChI=1S/C9H9NO2/c11-9-7-8-3-1-2-4-10(8)5-6-12-9/h1-7,9,11H. The van der Waals surface area contributed by atoms with Crippen LogP contribution in [0, 0.1) is 0 Å². The van der Waals surface area contributed by atoms with Gasteiger partial charge in [-0.25, -0.2) is 0 Å². The molecule has 2 rings (SSSR count). The largest absolute Gasteiger partial charge is 0.467 e. The third kappa shape index (κ3) is 1.26. The van der Waals surface area contributed by atoms with E-state index in [1.54, 1.807) is 12.3 Å². The lowest BCUT2D eigenvalue weighted by atomic mass is 10.2. The molecule has 62 valence electrons. The smallest absolute Gasteiger partial charge is 0.218 e. The average molecular weight is 163 g/mol. The van der Waals surface area contributed by atoms with Crippen molar-refractivity contribution in [2.24, 2.45) is 0 Å². The molecule has 0 fully saturated rings. The van der Waals surface area contributed by atoms with Crippen LogP contribution in [0.25, 0.3) is 0 Å². The Morgan fingerprint density at radius 2 is 2.25 bits per heavy atom. The summed E-state index contributed by atoms with van der Waals surface area (Å²) in [5.41, 5.74) is 0.916. The molecule has 0 saturated carbocycles. The van der Waals surface area contributed by atoms with E-state index in [9.17, 15) is 5.11 Å². The molecular formula is C9H9NO2. The average Bonchev–Trinajstić information content (AvgIpc) is 2.25. The molecule has 0 aromatic heterocycles. The molecule has 0 radical (unpaired) electrons. The van der Waals surface area contributed by atoms with E-state index in [1.165, 1.54) is 6.26 Å². The van der Waals surface area contributed by atoms with Gasteiger partial charge in [-0.1, -0.05) is 6.08 Å². The Morgan fingerprint density at radius 1 is 1.33 bits per heavy atom. The van der Waals surface area contributed by atoms with Crippen molar-refractivity contribution in [3.63, 3.8) is 0 Å². The highest BCUT2D eigenvalue weighted by atomic mass is 16.6. The zero-order valence-electron chi connectivity index (χ0n) is 6.42. The molecule has 3 heteroatoms.